The number of methoxy groups -OCH3 is 2. The van der Waals surface area contributed by atoms with Crippen molar-refractivity contribution in [2.75, 3.05) is 46.9 Å². The number of unbranched alkanes of at least 4 members (excludes halogenated alkanes) is 1. The molecule has 0 saturated carbocycles. The molecule has 0 aliphatic rings. The fourth-order valence-corrected chi connectivity index (χ4v) is 2.76. The lowest BCUT2D eigenvalue weighted by molar-refractivity contribution is 0.382. The first kappa shape index (κ1) is 23.2. The largest absolute Gasteiger partial charge is 0.497 e. The molecule has 24 heavy (non-hydrogen) atoms. The van der Waals surface area contributed by atoms with Gasteiger partial charge in [0.25, 0.3) is 0 Å². The summed E-state index contributed by atoms with van der Waals surface area (Å²) in [5.74, 6) is 3.72. The van der Waals surface area contributed by atoms with Crippen LogP contribution in [0.2, 0.25) is 0 Å². The average Bonchev–Trinajstić information content (AvgIpc) is 2.58. The maximum Gasteiger partial charge on any atom is 0.193 e. The van der Waals surface area contributed by atoms with Crippen molar-refractivity contribution in [1.82, 2.24) is 10.2 Å². The minimum absolute atomic E-state index is 0. The van der Waals surface area contributed by atoms with E-state index in [4.69, 9.17) is 9.47 Å². The zero-order valence-electron chi connectivity index (χ0n) is 15.3. The molecule has 0 heterocycles. The van der Waals surface area contributed by atoms with E-state index >= 15 is 0 Å². The number of thioether (sulfide) groups is 1. The van der Waals surface area contributed by atoms with Crippen LogP contribution in [0.1, 0.15) is 18.4 Å². The van der Waals surface area contributed by atoms with Crippen LogP contribution in [-0.2, 0) is 6.54 Å². The first-order valence-corrected chi connectivity index (χ1v) is 9.17. The molecule has 138 valence electrons. The molecule has 0 radical (unpaired) electrons. The number of ether oxygens (including phenoxy) is 2. The van der Waals surface area contributed by atoms with Gasteiger partial charge >= 0.3 is 0 Å². The van der Waals surface area contributed by atoms with E-state index in [1.54, 1.807) is 14.2 Å². The molecule has 0 aliphatic heterocycles. The third kappa shape index (κ3) is 7.83. The van der Waals surface area contributed by atoms with Gasteiger partial charge in [0.2, 0.25) is 0 Å². The molecule has 1 rings (SSSR count). The molecule has 0 aliphatic carbocycles. The van der Waals surface area contributed by atoms with E-state index in [2.05, 4.69) is 21.5 Å². The molecule has 5 nitrogen and oxygen atoms in total. The standard InChI is InChI=1S/C17H29N3O2S.HI/c1-18-17(19-10-6-7-11-23-5)20(2)13-14-8-9-15(21-3)12-16(14)22-4;/h8-9,12H,6-7,10-11,13H2,1-5H3,(H,18,19);1H. The molecule has 0 aromatic heterocycles. The lowest BCUT2D eigenvalue weighted by Crippen LogP contribution is -2.39. The maximum absolute atomic E-state index is 5.46. The van der Waals surface area contributed by atoms with Crippen LogP contribution in [0.25, 0.3) is 0 Å². The number of nitrogens with one attached hydrogen (secondary N) is 1. The summed E-state index contributed by atoms with van der Waals surface area (Å²) in [6, 6.07) is 5.88. The van der Waals surface area contributed by atoms with Crippen LogP contribution < -0.4 is 14.8 Å². The fraction of sp³-hybridized carbons (Fsp3) is 0.588. The van der Waals surface area contributed by atoms with Crippen molar-refractivity contribution in [3.8, 4) is 11.5 Å². The summed E-state index contributed by atoms with van der Waals surface area (Å²) < 4.78 is 10.7. The molecule has 0 fully saturated rings. The van der Waals surface area contributed by atoms with Crippen molar-refractivity contribution >= 4 is 41.7 Å². The first-order chi connectivity index (χ1) is 11.2. The fourth-order valence-electron chi connectivity index (χ4n) is 2.27. The third-order valence-electron chi connectivity index (χ3n) is 3.53. The second-order valence-corrected chi connectivity index (χ2v) is 6.19. The molecule has 0 saturated heterocycles. The summed E-state index contributed by atoms with van der Waals surface area (Å²) in [6.07, 6.45) is 4.52. The predicted octanol–water partition coefficient (Wildman–Crippen LogP) is 3.47. The highest BCUT2D eigenvalue weighted by Crippen LogP contribution is 2.25. The summed E-state index contributed by atoms with van der Waals surface area (Å²) in [7, 11) is 7.17. The maximum atomic E-state index is 5.46. The number of aliphatic imine (C=N–C) groups is 1. The number of rotatable bonds is 9. The minimum atomic E-state index is 0. The van der Waals surface area contributed by atoms with Gasteiger partial charge in [0.05, 0.1) is 14.2 Å². The van der Waals surface area contributed by atoms with Crippen molar-refractivity contribution in [3.63, 3.8) is 0 Å². The van der Waals surface area contributed by atoms with Gasteiger partial charge in [-0.05, 0) is 37.0 Å². The molecule has 0 spiro atoms. The summed E-state index contributed by atoms with van der Waals surface area (Å²) in [6.45, 7) is 1.66. The van der Waals surface area contributed by atoms with Crippen molar-refractivity contribution in [3.05, 3.63) is 23.8 Å². The molecule has 0 bridgehead atoms. The van der Waals surface area contributed by atoms with Gasteiger partial charge in [-0.25, -0.2) is 0 Å². The van der Waals surface area contributed by atoms with Gasteiger partial charge in [0.15, 0.2) is 5.96 Å². The molecular formula is C17H30IN3O2S. The monoisotopic (exact) mass is 467 g/mol. The number of halogens is 1. The van der Waals surface area contributed by atoms with Gasteiger partial charge in [0.1, 0.15) is 11.5 Å². The van der Waals surface area contributed by atoms with Crippen molar-refractivity contribution < 1.29 is 9.47 Å². The van der Waals surface area contributed by atoms with Crippen LogP contribution in [0.3, 0.4) is 0 Å². The van der Waals surface area contributed by atoms with E-state index in [0.29, 0.717) is 0 Å². The van der Waals surface area contributed by atoms with Crippen LogP contribution in [0.4, 0.5) is 0 Å². The van der Waals surface area contributed by atoms with Crippen molar-refractivity contribution in [2.24, 2.45) is 4.99 Å². The Morgan fingerprint density at radius 3 is 2.58 bits per heavy atom. The smallest absolute Gasteiger partial charge is 0.193 e. The lowest BCUT2D eigenvalue weighted by Gasteiger charge is -2.23. The quantitative estimate of drug-likeness (QED) is 0.261. The molecule has 7 heteroatoms. The van der Waals surface area contributed by atoms with Gasteiger partial charge in [-0.3, -0.25) is 4.99 Å². The number of hydrogen-bond acceptors (Lipinski definition) is 4. The van der Waals surface area contributed by atoms with E-state index < -0.39 is 0 Å². The Hall–Kier alpha value is -0.830. The topological polar surface area (TPSA) is 46.1 Å². The Labute approximate surface area is 167 Å². The van der Waals surface area contributed by atoms with Crippen molar-refractivity contribution in [2.45, 2.75) is 19.4 Å². The highest BCUT2D eigenvalue weighted by Gasteiger charge is 2.11. The predicted molar refractivity (Wildman–Crippen MR) is 115 cm³/mol. The molecule has 1 aromatic carbocycles. The molecule has 0 amide bonds. The number of nitrogens with zero attached hydrogens (tertiary/aromatic N) is 2. The zero-order valence-corrected chi connectivity index (χ0v) is 18.4. The second-order valence-electron chi connectivity index (χ2n) is 5.21. The van der Waals surface area contributed by atoms with Gasteiger partial charge in [0, 0.05) is 38.8 Å². The van der Waals surface area contributed by atoms with Crippen LogP contribution in [0.15, 0.2) is 23.2 Å². The molecule has 0 atom stereocenters. The first-order valence-electron chi connectivity index (χ1n) is 7.77. The Morgan fingerprint density at radius 2 is 2.00 bits per heavy atom. The van der Waals surface area contributed by atoms with E-state index in [-0.39, 0.29) is 24.0 Å². The van der Waals surface area contributed by atoms with Crippen LogP contribution >= 0.6 is 35.7 Å². The highest BCUT2D eigenvalue weighted by atomic mass is 127. The van der Waals surface area contributed by atoms with E-state index in [0.717, 1.165) is 42.5 Å². The second kappa shape index (κ2) is 13.5. The number of hydrogen-bond donors (Lipinski definition) is 1. The average molecular weight is 467 g/mol. The Kier molecular flexibility index (Phi) is 13.0. The molecule has 0 unspecified atom stereocenters. The van der Waals surface area contributed by atoms with E-state index in [9.17, 15) is 0 Å². The molecule has 1 aromatic rings. The zero-order chi connectivity index (χ0) is 17.1. The Morgan fingerprint density at radius 1 is 1.25 bits per heavy atom. The van der Waals surface area contributed by atoms with Gasteiger partial charge in [-0.15, -0.1) is 24.0 Å². The Bertz CT molecular complexity index is 501. The Balaban J connectivity index is 0.00000529. The summed E-state index contributed by atoms with van der Waals surface area (Å²) >= 11 is 1.89. The van der Waals surface area contributed by atoms with Crippen LogP contribution in [-0.4, -0.2) is 57.7 Å². The van der Waals surface area contributed by atoms with Crippen molar-refractivity contribution in [1.29, 1.82) is 0 Å². The van der Waals surface area contributed by atoms with Crippen LogP contribution in [0.5, 0.6) is 11.5 Å². The van der Waals surface area contributed by atoms with Crippen LogP contribution in [0, 0.1) is 0 Å². The SMILES string of the molecule is CN=C(NCCCCSC)N(C)Cc1ccc(OC)cc1OC.I. The highest BCUT2D eigenvalue weighted by molar-refractivity contribution is 14.0. The summed E-state index contributed by atoms with van der Waals surface area (Å²) in [5, 5.41) is 3.41. The normalized spacial score (nSPS) is 10.8. The van der Waals surface area contributed by atoms with Gasteiger partial charge in [-0.2, -0.15) is 11.8 Å². The minimum Gasteiger partial charge on any atom is -0.497 e. The van der Waals surface area contributed by atoms with E-state index in [1.165, 1.54) is 12.2 Å². The van der Waals surface area contributed by atoms with Gasteiger partial charge < -0.3 is 19.7 Å². The molecular weight excluding hydrogens is 437 g/mol. The summed E-state index contributed by atoms with van der Waals surface area (Å²) in [5.41, 5.74) is 1.10. The number of benzene rings is 1. The lowest BCUT2D eigenvalue weighted by atomic mass is 10.2. The van der Waals surface area contributed by atoms with Gasteiger partial charge in [-0.1, -0.05) is 0 Å². The molecule has 1 N–H and O–H groups in total. The summed E-state index contributed by atoms with van der Waals surface area (Å²) in [4.78, 5) is 6.45. The van der Waals surface area contributed by atoms with E-state index in [1.807, 2.05) is 44.1 Å². The number of guanidine groups is 1. The third-order valence-corrected chi connectivity index (χ3v) is 4.23.